The average Bonchev–Trinajstić information content (AvgIpc) is 2.08. The molecule has 1 unspecified atom stereocenters. The Morgan fingerprint density at radius 1 is 1.43 bits per heavy atom. The van der Waals surface area contributed by atoms with Gasteiger partial charge in [-0.2, -0.15) is 0 Å². The highest BCUT2D eigenvalue weighted by molar-refractivity contribution is 5.84. The van der Waals surface area contributed by atoms with Gasteiger partial charge in [0.25, 0.3) is 0 Å². The summed E-state index contributed by atoms with van der Waals surface area (Å²) in [5, 5.41) is 9.04. The minimum Gasteiger partial charge on any atom is -0.508 e. The molecule has 4 nitrogen and oxygen atoms in total. The molecule has 1 rings (SSSR count). The van der Waals surface area contributed by atoms with Crippen molar-refractivity contribution in [2.75, 3.05) is 0 Å². The lowest BCUT2D eigenvalue weighted by molar-refractivity contribution is -0.122. The molecule has 0 fully saturated rings. The number of phenols is 1. The van der Waals surface area contributed by atoms with Crippen LogP contribution in [0.25, 0.3) is 0 Å². The molecule has 0 aliphatic carbocycles. The van der Waals surface area contributed by atoms with E-state index < -0.39 is 11.4 Å². The van der Waals surface area contributed by atoms with Gasteiger partial charge in [-0.25, -0.2) is 0 Å². The van der Waals surface area contributed by atoms with Crippen molar-refractivity contribution in [2.45, 2.75) is 18.9 Å². The predicted molar refractivity (Wildman–Crippen MR) is 53.6 cm³/mol. The second-order valence-electron chi connectivity index (χ2n) is 3.62. The van der Waals surface area contributed by atoms with Crippen molar-refractivity contribution in [1.82, 2.24) is 0 Å². The van der Waals surface area contributed by atoms with Gasteiger partial charge in [0, 0.05) is 0 Å². The number of primary amides is 1. The minimum atomic E-state index is -1.04. The topological polar surface area (TPSA) is 89.3 Å². The van der Waals surface area contributed by atoms with Crippen molar-refractivity contribution in [2.24, 2.45) is 11.5 Å². The average molecular weight is 194 g/mol. The van der Waals surface area contributed by atoms with Crippen LogP contribution in [0, 0.1) is 0 Å². The Morgan fingerprint density at radius 2 is 1.93 bits per heavy atom. The van der Waals surface area contributed by atoms with Crippen LogP contribution in [-0.4, -0.2) is 16.6 Å². The van der Waals surface area contributed by atoms with Crippen LogP contribution in [0.2, 0.25) is 0 Å². The van der Waals surface area contributed by atoms with E-state index in [1.54, 1.807) is 31.2 Å². The summed E-state index contributed by atoms with van der Waals surface area (Å²) in [4.78, 5) is 10.9. The van der Waals surface area contributed by atoms with Gasteiger partial charge in [0.2, 0.25) is 5.91 Å². The molecule has 1 aromatic carbocycles. The van der Waals surface area contributed by atoms with E-state index in [0.717, 1.165) is 5.56 Å². The Labute approximate surface area is 82.5 Å². The van der Waals surface area contributed by atoms with E-state index in [-0.39, 0.29) is 5.75 Å². The van der Waals surface area contributed by atoms with E-state index in [9.17, 15) is 4.79 Å². The molecule has 76 valence electrons. The van der Waals surface area contributed by atoms with Gasteiger partial charge in [-0.1, -0.05) is 12.1 Å². The summed E-state index contributed by atoms with van der Waals surface area (Å²) in [6, 6.07) is 6.52. The van der Waals surface area contributed by atoms with E-state index in [0.29, 0.717) is 6.42 Å². The monoisotopic (exact) mass is 194 g/mol. The lowest BCUT2D eigenvalue weighted by Crippen LogP contribution is -2.50. The summed E-state index contributed by atoms with van der Waals surface area (Å²) in [7, 11) is 0. The van der Waals surface area contributed by atoms with Gasteiger partial charge in [0.05, 0.1) is 5.54 Å². The van der Waals surface area contributed by atoms with E-state index in [1.165, 1.54) is 0 Å². The third-order valence-corrected chi connectivity index (χ3v) is 2.07. The molecule has 1 amide bonds. The molecule has 0 aromatic heterocycles. The molecule has 0 bridgehead atoms. The van der Waals surface area contributed by atoms with Gasteiger partial charge in [-0.05, 0) is 31.0 Å². The van der Waals surface area contributed by atoms with Crippen molar-refractivity contribution >= 4 is 5.91 Å². The molecule has 0 aliphatic rings. The molecule has 0 spiro atoms. The second-order valence-corrected chi connectivity index (χ2v) is 3.62. The number of hydrogen-bond acceptors (Lipinski definition) is 3. The molecule has 0 saturated heterocycles. The first-order valence-corrected chi connectivity index (χ1v) is 4.28. The summed E-state index contributed by atoms with van der Waals surface area (Å²) in [5.41, 5.74) is 10.6. The van der Waals surface area contributed by atoms with Crippen molar-refractivity contribution in [1.29, 1.82) is 0 Å². The Hall–Kier alpha value is -1.55. The Kier molecular flexibility index (Phi) is 2.76. The molecular formula is C10H14N2O2. The summed E-state index contributed by atoms with van der Waals surface area (Å²) in [6.07, 6.45) is 0.364. The fourth-order valence-electron chi connectivity index (χ4n) is 1.12. The van der Waals surface area contributed by atoms with Crippen molar-refractivity contribution in [3.05, 3.63) is 29.8 Å². The van der Waals surface area contributed by atoms with Crippen LogP contribution in [0.4, 0.5) is 0 Å². The van der Waals surface area contributed by atoms with Crippen LogP contribution < -0.4 is 11.5 Å². The number of rotatable bonds is 3. The highest BCUT2D eigenvalue weighted by Gasteiger charge is 2.25. The second kappa shape index (κ2) is 3.67. The molecular weight excluding hydrogens is 180 g/mol. The number of amides is 1. The van der Waals surface area contributed by atoms with Crippen LogP contribution >= 0.6 is 0 Å². The fourth-order valence-corrected chi connectivity index (χ4v) is 1.12. The first kappa shape index (κ1) is 10.5. The lowest BCUT2D eigenvalue weighted by Gasteiger charge is -2.20. The third-order valence-electron chi connectivity index (χ3n) is 2.07. The molecule has 0 saturated carbocycles. The summed E-state index contributed by atoms with van der Waals surface area (Å²) >= 11 is 0. The maximum atomic E-state index is 10.9. The van der Waals surface area contributed by atoms with Crippen LogP contribution in [0.15, 0.2) is 24.3 Å². The molecule has 4 heteroatoms. The Bertz CT molecular complexity index is 330. The van der Waals surface area contributed by atoms with Gasteiger partial charge in [0.15, 0.2) is 0 Å². The van der Waals surface area contributed by atoms with Crippen molar-refractivity contribution in [3.8, 4) is 5.75 Å². The molecule has 0 aliphatic heterocycles. The SMILES string of the molecule is CC(N)(Cc1ccc(O)cc1)C(N)=O. The number of carbonyl (C=O) groups is 1. The molecule has 0 radical (unpaired) electrons. The van der Waals surface area contributed by atoms with Gasteiger partial charge in [0.1, 0.15) is 5.75 Å². The zero-order chi connectivity index (χ0) is 10.8. The molecule has 14 heavy (non-hydrogen) atoms. The first-order chi connectivity index (χ1) is 6.42. The zero-order valence-electron chi connectivity index (χ0n) is 8.03. The number of nitrogens with two attached hydrogens (primary N) is 2. The van der Waals surface area contributed by atoms with Crippen molar-refractivity contribution < 1.29 is 9.90 Å². The smallest absolute Gasteiger partial charge is 0.237 e. The van der Waals surface area contributed by atoms with E-state index in [2.05, 4.69) is 0 Å². The Morgan fingerprint density at radius 3 is 2.36 bits per heavy atom. The normalized spacial score (nSPS) is 14.7. The number of aromatic hydroxyl groups is 1. The number of benzene rings is 1. The van der Waals surface area contributed by atoms with E-state index >= 15 is 0 Å². The fraction of sp³-hybridized carbons (Fsp3) is 0.300. The van der Waals surface area contributed by atoms with Crippen LogP contribution in [0.3, 0.4) is 0 Å². The maximum Gasteiger partial charge on any atom is 0.237 e. The number of carbonyl (C=O) groups excluding carboxylic acids is 1. The van der Waals surface area contributed by atoms with Gasteiger partial charge < -0.3 is 16.6 Å². The van der Waals surface area contributed by atoms with Gasteiger partial charge in [-0.3, -0.25) is 4.79 Å². The third kappa shape index (κ3) is 2.47. The van der Waals surface area contributed by atoms with Crippen LogP contribution in [0.5, 0.6) is 5.75 Å². The Balaban J connectivity index is 2.79. The summed E-state index contributed by atoms with van der Waals surface area (Å²) in [6.45, 7) is 1.59. The van der Waals surface area contributed by atoms with Crippen LogP contribution in [-0.2, 0) is 11.2 Å². The molecule has 1 aromatic rings. The van der Waals surface area contributed by atoms with E-state index in [1.807, 2.05) is 0 Å². The largest absolute Gasteiger partial charge is 0.508 e. The van der Waals surface area contributed by atoms with Crippen molar-refractivity contribution in [3.63, 3.8) is 0 Å². The van der Waals surface area contributed by atoms with E-state index in [4.69, 9.17) is 16.6 Å². The highest BCUT2D eigenvalue weighted by Crippen LogP contribution is 2.14. The summed E-state index contributed by atoms with van der Waals surface area (Å²) in [5.74, 6) is -0.350. The standard InChI is InChI=1S/C10H14N2O2/c1-10(12,9(11)14)6-7-2-4-8(13)5-3-7/h2-5,13H,6,12H2,1H3,(H2,11,14). The summed E-state index contributed by atoms with van der Waals surface area (Å²) < 4.78 is 0. The maximum absolute atomic E-state index is 10.9. The first-order valence-electron chi connectivity index (χ1n) is 4.28. The van der Waals surface area contributed by atoms with Crippen LogP contribution in [0.1, 0.15) is 12.5 Å². The quantitative estimate of drug-likeness (QED) is 0.639. The number of phenolic OH excluding ortho intramolecular Hbond substituents is 1. The van der Waals surface area contributed by atoms with Gasteiger partial charge >= 0.3 is 0 Å². The lowest BCUT2D eigenvalue weighted by atomic mass is 9.93. The number of hydrogen-bond donors (Lipinski definition) is 3. The minimum absolute atomic E-state index is 0.187. The van der Waals surface area contributed by atoms with Gasteiger partial charge in [-0.15, -0.1) is 0 Å². The predicted octanol–water partition coefficient (Wildman–Crippen LogP) is 0.137. The highest BCUT2D eigenvalue weighted by atomic mass is 16.3. The zero-order valence-corrected chi connectivity index (χ0v) is 8.03. The molecule has 5 N–H and O–H groups in total. The molecule has 1 atom stereocenters. The molecule has 0 heterocycles.